The Bertz CT molecular complexity index is 443. The van der Waals surface area contributed by atoms with Crippen LogP contribution in [0.2, 0.25) is 5.02 Å². The van der Waals surface area contributed by atoms with Gasteiger partial charge in [0, 0.05) is 5.56 Å². The van der Waals surface area contributed by atoms with Gasteiger partial charge in [0.1, 0.15) is 5.82 Å². The molecule has 0 bridgehead atoms. The van der Waals surface area contributed by atoms with Gasteiger partial charge in [0.05, 0.1) is 24.1 Å². The fraction of sp³-hybridized carbons (Fsp3) is 0.300. The second-order valence-corrected chi connectivity index (χ2v) is 3.54. The average molecular weight is 271 g/mol. The molecule has 0 radical (unpaired) electrons. The van der Waals surface area contributed by atoms with E-state index < -0.39 is 40.5 Å². The summed E-state index contributed by atoms with van der Waals surface area (Å²) in [7, 11) is 0.998. The van der Waals surface area contributed by atoms with Crippen LogP contribution in [-0.4, -0.2) is 13.1 Å². The third-order valence-electron chi connectivity index (χ3n) is 2.04. The molecule has 0 unspecified atom stereocenters. The molecule has 2 nitrogen and oxygen atoms in total. The van der Waals surface area contributed by atoms with E-state index in [2.05, 4.69) is 4.74 Å². The summed E-state index contributed by atoms with van der Waals surface area (Å²) in [6, 6.07) is 1.57. The molecule has 0 heterocycles. The molecule has 1 aromatic carbocycles. The van der Waals surface area contributed by atoms with Crippen molar-refractivity contribution in [2.45, 2.75) is 12.6 Å². The molecule has 0 aliphatic heterocycles. The molecular weight excluding hydrogens is 264 g/mol. The highest BCUT2D eigenvalue weighted by Crippen LogP contribution is 2.38. The fourth-order valence-electron chi connectivity index (χ4n) is 1.29. The van der Waals surface area contributed by atoms with Crippen molar-refractivity contribution in [3.8, 4) is 0 Å². The van der Waals surface area contributed by atoms with E-state index in [1.165, 1.54) is 0 Å². The number of methoxy groups -OCH3 is 1. The molecule has 0 spiro atoms. The van der Waals surface area contributed by atoms with E-state index in [1.54, 1.807) is 0 Å². The monoisotopic (exact) mass is 270 g/mol. The van der Waals surface area contributed by atoms with Crippen molar-refractivity contribution in [2.24, 2.45) is 0 Å². The van der Waals surface area contributed by atoms with Crippen LogP contribution in [0.5, 0.6) is 0 Å². The molecule has 0 atom stereocenters. The minimum Gasteiger partial charge on any atom is -0.469 e. The quantitative estimate of drug-likeness (QED) is 0.609. The molecule has 1 rings (SSSR count). The maximum Gasteiger partial charge on any atom is 0.418 e. The minimum absolute atomic E-state index is 0.655. The Kier molecular flexibility index (Phi) is 3.98. The Hall–Kier alpha value is -1.30. The first kappa shape index (κ1) is 13.8. The third-order valence-corrected chi connectivity index (χ3v) is 2.35. The average Bonchev–Trinajstić information content (AvgIpc) is 2.21. The standard InChI is InChI=1S/C10H7ClF4O2/c1-17-8(16)4-5-7(12)3-2-6(11)9(5)10(13,14)15/h2-3H,4H2,1H3. The lowest BCUT2D eigenvalue weighted by atomic mass is 10.0. The van der Waals surface area contributed by atoms with Crippen LogP contribution in [0.25, 0.3) is 0 Å². The minimum atomic E-state index is -4.83. The van der Waals surface area contributed by atoms with E-state index in [-0.39, 0.29) is 0 Å². The highest BCUT2D eigenvalue weighted by Gasteiger charge is 2.37. The molecule has 1 aromatic rings. The molecule has 0 amide bonds. The van der Waals surface area contributed by atoms with Gasteiger partial charge in [-0.1, -0.05) is 11.6 Å². The molecule has 0 saturated heterocycles. The predicted octanol–water partition coefficient (Wildman–Crippen LogP) is 3.21. The van der Waals surface area contributed by atoms with E-state index in [9.17, 15) is 22.4 Å². The zero-order valence-corrected chi connectivity index (χ0v) is 9.32. The normalized spacial score (nSPS) is 11.4. The predicted molar refractivity (Wildman–Crippen MR) is 52.1 cm³/mol. The number of hydrogen-bond donors (Lipinski definition) is 0. The van der Waals surface area contributed by atoms with Crippen molar-refractivity contribution < 1.29 is 27.1 Å². The Morgan fingerprint density at radius 3 is 2.47 bits per heavy atom. The molecule has 17 heavy (non-hydrogen) atoms. The summed E-state index contributed by atoms with van der Waals surface area (Å²) in [5, 5.41) is -0.655. The van der Waals surface area contributed by atoms with E-state index in [4.69, 9.17) is 11.6 Å². The van der Waals surface area contributed by atoms with E-state index in [0.717, 1.165) is 19.2 Å². The Labute approximate surface area is 99.1 Å². The van der Waals surface area contributed by atoms with E-state index in [0.29, 0.717) is 0 Å². The Morgan fingerprint density at radius 2 is 2.00 bits per heavy atom. The summed E-state index contributed by atoms with van der Waals surface area (Å²) in [4.78, 5) is 10.9. The summed E-state index contributed by atoms with van der Waals surface area (Å²) in [6.45, 7) is 0. The van der Waals surface area contributed by atoms with Crippen LogP contribution in [0.1, 0.15) is 11.1 Å². The van der Waals surface area contributed by atoms with Crippen LogP contribution in [0.4, 0.5) is 17.6 Å². The second kappa shape index (κ2) is 4.91. The van der Waals surface area contributed by atoms with Crippen molar-refractivity contribution in [1.82, 2.24) is 0 Å². The first-order chi connectivity index (χ1) is 7.77. The van der Waals surface area contributed by atoms with Gasteiger partial charge in [-0.15, -0.1) is 0 Å². The van der Waals surface area contributed by atoms with Gasteiger partial charge in [-0.25, -0.2) is 4.39 Å². The van der Waals surface area contributed by atoms with Crippen molar-refractivity contribution in [3.05, 3.63) is 34.1 Å². The molecule has 7 heteroatoms. The van der Waals surface area contributed by atoms with Crippen LogP contribution >= 0.6 is 11.6 Å². The molecule has 0 fully saturated rings. The summed E-state index contributed by atoms with van der Waals surface area (Å²) in [5.74, 6) is -2.12. The smallest absolute Gasteiger partial charge is 0.418 e. The van der Waals surface area contributed by atoms with E-state index >= 15 is 0 Å². The fourth-order valence-corrected chi connectivity index (χ4v) is 1.57. The summed E-state index contributed by atoms with van der Waals surface area (Å²) in [5.41, 5.74) is -2.15. The van der Waals surface area contributed by atoms with Crippen molar-refractivity contribution >= 4 is 17.6 Å². The molecule has 0 aliphatic carbocycles. The molecule has 0 aromatic heterocycles. The van der Waals surface area contributed by atoms with Gasteiger partial charge in [-0.2, -0.15) is 13.2 Å². The topological polar surface area (TPSA) is 26.3 Å². The van der Waals surface area contributed by atoms with Crippen LogP contribution in [0, 0.1) is 5.82 Å². The van der Waals surface area contributed by atoms with Crippen LogP contribution < -0.4 is 0 Å². The largest absolute Gasteiger partial charge is 0.469 e. The zero-order valence-electron chi connectivity index (χ0n) is 8.57. The lowest BCUT2D eigenvalue weighted by Crippen LogP contribution is -2.15. The van der Waals surface area contributed by atoms with Crippen LogP contribution in [-0.2, 0) is 22.1 Å². The number of carbonyl (C=O) groups excluding carboxylic acids is 1. The molecule has 0 N–H and O–H groups in total. The highest BCUT2D eigenvalue weighted by molar-refractivity contribution is 6.31. The maximum absolute atomic E-state index is 13.3. The van der Waals surface area contributed by atoms with Crippen LogP contribution in [0.3, 0.4) is 0 Å². The number of benzene rings is 1. The number of rotatable bonds is 2. The second-order valence-electron chi connectivity index (χ2n) is 3.13. The summed E-state index contributed by atoms with van der Waals surface area (Å²) in [6.07, 6.45) is -5.65. The number of esters is 1. The molecule has 0 aliphatic rings. The summed E-state index contributed by atoms with van der Waals surface area (Å²) < 4.78 is 55.4. The van der Waals surface area contributed by atoms with E-state index in [1.807, 2.05) is 0 Å². The lowest BCUT2D eigenvalue weighted by Gasteiger charge is -2.14. The van der Waals surface area contributed by atoms with Gasteiger partial charge in [0.2, 0.25) is 0 Å². The van der Waals surface area contributed by atoms with Crippen molar-refractivity contribution in [1.29, 1.82) is 0 Å². The maximum atomic E-state index is 13.3. The van der Waals surface area contributed by atoms with Gasteiger partial charge in [-0.3, -0.25) is 4.79 Å². The van der Waals surface area contributed by atoms with Gasteiger partial charge in [0.25, 0.3) is 0 Å². The Balaban J connectivity index is 3.35. The number of carbonyl (C=O) groups is 1. The van der Waals surface area contributed by atoms with Gasteiger partial charge >= 0.3 is 12.1 Å². The highest BCUT2D eigenvalue weighted by atomic mass is 35.5. The molecule has 94 valence electrons. The first-order valence-corrected chi connectivity index (χ1v) is 4.76. The zero-order chi connectivity index (χ0) is 13.2. The van der Waals surface area contributed by atoms with Crippen LogP contribution in [0.15, 0.2) is 12.1 Å². The lowest BCUT2D eigenvalue weighted by molar-refractivity contribution is -0.141. The number of halogens is 5. The number of alkyl halides is 3. The van der Waals surface area contributed by atoms with Gasteiger partial charge in [-0.05, 0) is 12.1 Å². The van der Waals surface area contributed by atoms with Crippen molar-refractivity contribution in [2.75, 3.05) is 7.11 Å². The number of ether oxygens (including phenoxy) is 1. The SMILES string of the molecule is COC(=O)Cc1c(F)ccc(Cl)c1C(F)(F)F. The summed E-state index contributed by atoms with van der Waals surface area (Å²) >= 11 is 5.37. The molecule has 0 saturated carbocycles. The van der Waals surface area contributed by atoms with Crippen molar-refractivity contribution in [3.63, 3.8) is 0 Å². The number of hydrogen-bond acceptors (Lipinski definition) is 2. The Morgan fingerprint density at radius 1 is 1.41 bits per heavy atom. The van der Waals surface area contributed by atoms with Gasteiger partial charge < -0.3 is 4.74 Å². The molecular formula is C10H7ClF4O2. The van der Waals surface area contributed by atoms with Gasteiger partial charge in [0.15, 0.2) is 0 Å². The first-order valence-electron chi connectivity index (χ1n) is 4.38. The third kappa shape index (κ3) is 3.09.